The smallest absolute Gasteiger partial charge is 0.150 e. The fourth-order valence-corrected chi connectivity index (χ4v) is 2.23. The Morgan fingerprint density at radius 1 is 1.50 bits per heavy atom. The van der Waals surface area contributed by atoms with Gasteiger partial charge in [-0.15, -0.1) is 0 Å². The zero-order chi connectivity index (χ0) is 11.6. The van der Waals surface area contributed by atoms with Gasteiger partial charge in [-0.3, -0.25) is 0 Å². The highest BCUT2D eigenvalue weighted by atomic mass is 35.5. The standard InChI is InChI=1S/C11H17ClN4/c1-11(7-13)2-4-16(5-3-11)10-9(12)6-14-8-15-10/h6,8H,2-5,7,13H2,1H3. The molecule has 0 unspecified atom stereocenters. The summed E-state index contributed by atoms with van der Waals surface area (Å²) in [5.74, 6) is 0.843. The molecule has 88 valence electrons. The van der Waals surface area contributed by atoms with Crippen LogP contribution in [0.4, 0.5) is 5.82 Å². The first kappa shape index (κ1) is 11.6. The van der Waals surface area contributed by atoms with Gasteiger partial charge in [0, 0.05) is 13.1 Å². The molecule has 1 aliphatic heterocycles. The molecule has 4 nitrogen and oxygen atoms in total. The Morgan fingerprint density at radius 2 is 2.19 bits per heavy atom. The van der Waals surface area contributed by atoms with Crippen molar-refractivity contribution in [3.05, 3.63) is 17.5 Å². The number of anilines is 1. The molecule has 1 aromatic rings. The molecule has 5 heteroatoms. The van der Waals surface area contributed by atoms with Crippen LogP contribution in [0.15, 0.2) is 12.5 Å². The van der Waals surface area contributed by atoms with Crippen molar-refractivity contribution in [2.45, 2.75) is 19.8 Å². The van der Waals surface area contributed by atoms with Crippen molar-refractivity contribution in [1.82, 2.24) is 9.97 Å². The quantitative estimate of drug-likeness (QED) is 0.855. The van der Waals surface area contributed by atoms with Crippen molar-refractivity contribution in [3.63, 3.8) is 0 Å². The lowest BCUT2D eigenvalue weighted by atomic mass is 9.80. The SMILES string of the molecule is CC1(CN)CCN(c2ncncc2Cl)CC1. The van der Waals surface area contributed by atoms with Crippen LogP contribution in [0.2, 0.25) is 5.02 Å². The summed E-state index contributed by atoms with van der Waals surface area (Å²) >= 11 is 6.07. The maximum atomic E-state index is 6.07. The summed E-state index contributed by atoms with van der Waals surface area (Å²) in [5.41, 5.74) is 6.06. The third-order valence-corrected chi connectivity index (χ3v) is 3.68. The van der Waals surface area contributed by atoms with E-state index in [2.05, 4.69) is 21.8 Å². The van der Waals surface area contributed by atoms with Gasteiger partial charge < -0.3 is 10.6 Å². The van der Waals surface area contributed by atoms with Gasteiger partial charge in [0.25, 0.3) is 0 Å². The molecular formula is C11H17ClN4. The second-order valence-electron chi connectivity index (χ2n) is 4.70. The summed E-state index contributed by atoms with van der Waals surface area (Å²) in [4.78, 5) is 10.3. The van der Waals surface area contributed by atoms with Crippen LogP contribution in [0.1, 0.15) is 19.8 Å². The minimum atomic E-state index is 0.274. The van der Waals surface area contributed by atoms with Crippen LogP contribution >= 0.6 is 11.6 Å². The van der Waals surface area contributed by atoms with E-state index in [-0.39, 0.29) is 5.41 Å². The van der Waals surface area contributed by atoms with Crippen LogP contribution in [-0.4, -0.2) is 29.6 Å². The topological polar surface area (TPSA) is 55.0 Å². The third-order valence-electron chi connectivity index (χ3n) is 3.41. The molecule has 1 saturated heterocycles. The van der Waals surface area contributed by atoms with Crippen LogP contribution in [0.3, 0.4) is 0 Å². The molecular weight excluding hydrogens is 224 g/mol. The van der Waals surface area contributed by atoms with Gasteiger partial charge in [0.1, 0.15) is 11.3 Å². The molecule has 0 bridgehead atoms. The number of halogens is 1. The zero-order valence-electron chi connectivity index (χ0n) is 9.49. The summed E-state index contributed by atoms with van der Waals surface area (Å²) in [5, 5.41) is 0.624. The molecule has 2 rings (SSSR count). The van der Waals surface area contributed by atoms with Gasteiger partial charge in [-0.25, -0.2) is 9.97 Å². The number of piperidine rings is 1. The van der Waals surface area contributed by atoms with E-state index >= 15 is 0 Å². The van der Waals surface area contributed by atoms with Crippen molar-refractivity contribution < 1.29 is 0 Å². The molecule has 0 aromatic carbocycles. The minimum Gasteiger partial charge on any atom is -0.355 e. The maximum absolute atomic E-state index is 6.07. The van der Waals surface area contributed by atoms with Crippen LogP contribution < -0.4 is 10.6 Å². The molecule has 0 radical (unpaired) electrons. The second-order valence-corrected chi connectivity index (χ2v) is 5.10. The normalized spacial score (nSPS) is 19.8. The predicted octanol–water partition coefficient (Wildman–Crippen LogP) is 1.70. The van der Waals surface area contributed by atoms with Crippen molar-refractivity contribution in [2.75, 3.05) is 24.5 Å². The van der Waals surface area contributed by atoms with Gasteiger partial charge >= 0.3 is 0 Å². The summed E-state index contributed by atoms with van der Waals surface area (Å²) in [7, 11) is 0. The molecule has 0 saturated carbocycles. The monoisotopic (exact) mass is 240 g/mol. The highest BCUT2D eigenvalue weighted by Gasteiger charge is 2.29. The second kappa shape index (κ2) is 4.55. The average molecular weight is 241 g/mol. The van der Waals surface area contributed by atoms with Crippen molar-refractivity contribution in [2.24, 2.45) is 11.1 Å². The van der Waals surface area contributed by atoms with Crippen LogP contribution in [0.25, 0.3) is 0 Å². The molecule has 16 heavy (non-hydrogen) atoms. The Bertz CT molecular complexity index is 361. The van der Waals surface area contributed by atoms with E-state index in [9.17, 15) is 0 Å². The first-order valence-corrected chi connectivity index (χ1v) is 5.93. The number of hydrogen-bond acceptors (Lipinski definition) is 4. The molecule has 1 aromatic heterocycles. The van der Waals surface area contributed by atoms with Crippen molar-refractivity contribution in [1.29, 1.82) is 0 Å². The third kappa shape index (κ3) is 2.28. The van der Waals surface area contributed by atoms with Crippen LogP contribution in [0, 0.1) is 5.41 Å². The number of nitrogens with two attached hydrogens (primary N) is 1. The van der Waals surface area contributed by atoms with Crippen molar-refractivity contribution in [3.8, 4) is 0 Å². The Kier molecular flexibility index (Phi) is 3.30. The van der Waals surface area contributed by atoms with Crippen LogP contribution in [-0.2, 0) is 0 Å². The Labute approximate surface area is 101 Å². The van der Waals surface area contributed by atoms with E-state index in [1.165, 1.54) is 6.33 Å². The highest BCUT2D eigenvalue weighted by Crippen LogP contribution is 2.33. The highest BCUT2D eigenvalue weighted by molar-refractivity contribution is 6.32. The lowest BCUT2D eigenvalue weighted by Crippen LogP contribution is -2.42. The maximum Gasteiger partial charge on any atom is 0.150 e. The van der Waals surface area contributed by atoms with E-state index in [1.807, 2.05) is 0 Å². The molecule has 0 spiro atoms. The number of hydrogen-bond donors (Lipinski definition) is 1. The largest absolute Gasteiger partial charge is 0.355 e. The number of rotatable bonds is 2. The van der Waals surface area contributed by atoms with E-state index in [4.69, 9.17) is 17.3 Å². The summed E-state index contributed by atoms with van der Waals surface area (Å²) in [6, 6.07) is 0. The van der Waals surface area contributed by atoms with E-state index in [0.29, 0.717) is 5.02 Å². The fraction of sp³-hybridized carbons (Fsp3) is 0.636. The number of aromatic nitrogens is 2. The number of nitrogens with zero attached hydrogens (tertiary/aromatic N) is 3. The minimum absolute atomic E-state index is 0.274. The lowest BCUT2D eigenvalue weighted by Gasteiger charge is -2.39. The van der Waals surface area contributed by atoms with Crippen molar-refractivity contribution >= 4 is 17.4 Å². The molecule has 1 aliphatic rings. The molecule has 0 aliphatic carbocycles. The Hall–Kier alpha value is -0.870. The molecule has 0 amide bonds. The summed E-state index contributed by atoms with van der Waals surface area (Å²) < 4.78 is 0. The molecule has 0 atom stereocenters. The van der Waals surface area contributed by atoms with Gasteiger partial charge in [-0.05, 0) is 24.8 Å². The summed E-state index contributed by atoms with van der Waals surface area (Å²) in [6.45, 7) is 4.92. The first-order chi connectivity index (χ1) is 7.64. The molecule has 2 N–H and O–H groups in total. The van der Waals surface area contributed by atoms with Gasteiger partial charge in [-0.2, -0.15) is 0 Å². The molecule has 2 heterocycles. The van der Waals surface area contributed by atoms with Gasteiger partial charge in [0.05, 0.1) is 6.20 Å². The Balaban J connectivity index is 2.07. The Morgan fingerprint density at radius 3 is 2.75 bits per heavy atom. The lowest BCUT2D eigenvalue weighted by molar-refractivity contribution is 0.258. The van der Waals surface area contributed by atoms with Crippen LogP contribution in [0.5, 0.6) is 0 Å². The van der Waals surface area contributed by atoms with E-state index in [0.717, 1.165) is 38.3 Å². The zero-order valence-corrected chi connectivity index (χ0v) is 10.2. The average Bonchev–Trinajstić information content (AvgIpc) is 2.31. The summed E-state index contributed by atoms with van der Waals surface area (Å²) in [6.07, 6.45) is 5.35. The predicted molar refractivity (Wildman–Crippen MR) is 65.7 cm³/mol. The van der Waals surface area contributed by atoms with E-state index in [1.54, 1.807) is 6.20 Å². The first-order valence-electron chi connectivity index (χ1n) is 5.55. The molecule has 1 fully saturated rings. The van der Waals surface area contributed by atoms with Gasteiger partial charge in [0.2, 0.25) is 0 Å². The van der Waals surface area contributed by atoms with Gasteiger partial charge in [0.15, 0.2) is 5.82 Å². The van der Waals surface area contributed by atoms with E-state index < -0.39 is 0 Å². The fourth-order valence-electron chi connectivity index (χ4n) is 2.00. The van der Waals surface area contributed by atoms with Gasteiger partial charge in [-0.1, -0.05) is 18.5 Å².